The fourth-order valence-corrected chi connectivity index (χ4v) is 1.42. The molecule has 3 nitrogen and oxygen atoms in total. The summed E-state index contributed by atoms with van der Waals surface area (Å²) in [6.45, 7) is 2.14. The second kappa shape index (κ2) is 6.12. The molecule has 0 aromatic carbocycles. The number of nitrogens with one attached hydrogen (secondary N) is 1. The van der Waals surface area contributed by atoms with Crippen LogP contribution in [0.25, 0.3) is 0 Å². The molecule has 1 heterocycles. The number of hydrogen-bond donors (Lipinski definition) is 1. The zero-order valence-electron chi connectivity index (χ0n) is 9.07. The summed E-state index contributed by atoms with van der Waals surface area (Å²) < 4.78 is 4.99. The number of rotatable bonds is 2. The quantitative estimate of drug-likeness (QED) is 0.767. The van der Waals surface area contributed by atoms with Crippen LogP contribution in [0.4, 0.5) is 0 Å². The van der Waals surface area contributed by atoms with Crippen molar-refractivity contribution < 1.29 is 40.3 Å². The SMILES string of the molecule is CC1C=CC(NC(=O)c2ccco2)=CC1.[U]. The molecule has 0 aliphatic heterocycles. The number of allylic oxidation sites excluding steroid dienone is 3. The van der Waals surface area contributed by atoms with Crippen molar-refractivity contribution in [1.29, 1.82) is 0 Å². The molecule has 1 aliphatic carbocycles. The molecule has 0 radical (unpaired) electrons. The average molecular weight is 441 g/mol. The zero-order valence-corrected chi connectivity index (χ0v) is 13.2. The topological polar surface area (TPSA) is 42.2 Å². The summed E-state index contributed by atoms with van der Waals surface area (Å²) in [6.07, 6.45) is 8.48. The van der Waals surface area contributed by atoms with E-state index in [-0.39, 0.29) is 37.0 Å². The van der Waals surface area contributed by atoms with Crippen molar-refractivity contribution in [1.82, 2.24) is 5.32 Å². The molecular formula is C12H13NO2U. The van der Waals surface area contributed by atoms with Gasteiger partial charge in [0.05, 0.1) is 6.26 Å². The maximum Gasteiger partial charge on any atom is 0.291 e. The zero-order chi connectivity index (χ0) is 10.7. The van der Waals surface area contributed by atoms with E-state index in [0.717, 1.165) is 12.1 Å². The summed E-state index contributed by atoms with van der Waals surface area (Å²) >= 11 is 0. The second-order valence-electron chi connectivity index (χ2n) is 3.66. The van der Waals surface area contributed by atoms with Crippen LogP contribution in [-0.2, 0) is 0 Å². The van der Waals surface area contributed by atoms with Crippen molar-refractivity contribution >= 4 is 5.91 Å². The minimum atomic E-state index is -0.203. The van der Waals surface area contributed by atoms with E-state index in [0.29, 0.717) is 11.7 Å². The minimum Gasteiger partial charge on any atom is -0.459 e. The first-order valence-corrected chi connectivity index (χ1v) is 4.99. The van der Waals surface area contributed by atoms with E-state index in [2.05, 4.69) is 18.3 Å². The number of hydrogen-bond acceptors (Lipinski definition) is 2. The number of amides is 1. The van der Waals surface area contributed by atoms with Gasteiger partial charge in [-0.05, 0) is 30.5 Å². The minimum absolute atomic E-state index is 0. The Morgan fingerprint density at radius 1 is 1.56 bits per heavy atom. The van der Waals surface area contributed by atoms with Gasteiger partial charge in [-0.2, -0.15) is 0 Å². The van der Waals surface area contributed by atoms with Gasteiger partial charge in [0.15, 0.2) is 5.76 Å². The van der Waals surface area contributed by atoms with Gasteiger partial charge in [-0.1, -0.05) is 19.1 Å². The summed E-state index contributed by atoms with van der Waals surface area (Å²) in [6, 6.07) is 3.34. The van der Waals surface area contributed by atoms with Crippen molar-refractivity contribution in [2.45, 2.75) is 13.3 Å². The first kappa shape index (κ1) is 13.3. The Labute approximate surface area is 118 Å². The molecule has 1 aromatic heterocycles. The van der Waals surface area contributed by atoms with E-state index < -0.39 is 0 Å². The maximum absolute atomic E-state index is 11.6. The molecular weight excluding hydrogens is 428 g/mol. The van der Waals surface area contributed by atoms with Gasteiger partial charge in [-0.3, -0.25) is 4.79 Å². The molecule has 0 spiro atoms. The predicted molar refractivity (Wildman–Crippen MR) is 57.2 cm³/mol. The van der Waals surface area contributed by atoms with Crippen LogP contribution in [0, 0.1) is 37.0 Å². The van der Waals surface area contributed by atoms with Crippen molar-refractivity contribution in [3.05, 3.63) is 48.1 Å². The summed E-state index contributed by atoms with van der Waals surface area (Å²) in [5.74, 6) is 0.683. The average Bonchev–Trinajstić information content (AvgIpc) is 2.74. The van der Waals surface area contributed by atoms with E-state index in [4.69, 9.17) is 4.42 Å². The van der Waals surface area contributed by atoms with Crippen LogP contribution in [0.15, 0.2) is 46.7 Å². The molecule has 16 heavy (non-hydrogen) atoms. The van der Waals surface area contributed by atoms with Gasteiger partial charge >= 0.3 is 0 Å². The molecule has 1 amide bonds. The first-order chi connectivity index (χ1) is 7.25. The molecule has 1 aromatic rings. The van der Waals surface area contributed by atoms with Crippen LogP contribution in [0.5, 0.6) is 0 Å². The van der Waals surface area contributed by atoms with Gasteiger partial charge < -0.3 is 9.73 Å². The Balaban J connectivity index is 0.00000128. The van der Waals surface area contributed by atoms with Gasteiger partial charge in [0.2, 0.25) is 0 Å². The normalized spacial score (nSPS) is 18.6. The van der Waals surface area contributed by atoms with Crippen LogP contribution in [-0.4, -0.2) is 5.91 Å². The molecule has 2 rings (SSSR count). The maximum atomic E-state index is 11.6. The van der Waals surface area contributed by atoms with Gasteiger partial charge in [-0.15, -0.1) is 0 Å². The van der Waals surface area contributed by atoms with Crippen LogP contribution < -0.4 is 5.32 Å². The standard InChI is InChI=1S/C12H13NO2.U/c1-9-4-6-10(7-5-9)13-12(14)11-3-2-8-15-11;/h2-4,6-9H,5H2,1H3,(H,13,14);. The van der Waals surface area contributed by atoms with Crippen LogP contribution >= 0.6 is 0 Å². The molecule has 1 N–H and O–H groups in total. The Hall–Kier alpha value is -0.718. The Kier molecular flexibility index (Phi) is 5.11. The fourth-order valence-electron chi connectivity index (χ4n) is 1.42. The Morgan fingerprint density at radius 3 is 2.94 bits per heavy atom. The van der Waals surface area contributed by atoms with Gasteiger partial charge in [0.1, 0.15) is 0 Å². The third kappa shape index (κ3) is 3.40. The number of furan rings is 1. The first-order valence-electron chi connectivity index (χ1n) is 4.99. The van der Waals surface area contributed by atoms with Crippen molar-refractivity contribution in [3.63, 3.8) is 0 Å². The van der Waals surface area contributed by atoms with Crippen LogP contribution in [0.1, 0.15) is 23.9 Å². The monoisotopic (exact) mass is 441 g/mol. The van der Waals surface area contributed by atoms with Gasteiger partial charge in [0.25, 0.3) is 5.91 Å². The molecule has 1 atom stereocenters. The Bertz CT molecular complexity index is 407. The smallest absolute Gasteiger partial charge is 0.291 e. The Morgan fingerprint density at radius 2 is 2.38 bits per heavy atom. The van der Waals surface area contributed by atoms with Crippen LogP contribution in [0.3, 0.4) is 0 Å². The molecule has 82 valence electrons. The molecule has 1 aliphatic rings. The number of carbonyl (C=O) groups excluding carboxylic acids is 1. The van der Waals surface area contributed by atoms with E-state index in [1.54, 1.807) is 12.1 Å². The summed E-state index contributed by atoms with van der Waals surface area (Å²) in [7, 11) is 0. The molecule has 1 unspecified atom stereocenters. The second-order valence-corrected chi connectivity index (χ2v) is 3.66. The summed E-state index contributed by atoms with van der Waals surface area (Å²) in [5, 5.41) is 2.78. The molecule has 0 saturated heterocycles. The van der Waals surface area contributed by atoms with E-state index in [1.165, 1.54) is 6.26 Å². The molecule has 0 saturated carbocycles. The van der Waals surface area contributed by atoms with E-state index >= 15 is 0 Å². The predicted octanol–water partition coefficient (Wildman–Crippen LogP) is 2.49. The number of carbonyl (C=O) groups is 1. The fraction of sp³-hybridized carbons (Fsp3) is 0.250. The largest absolute Gasteiger partial charge is 0.459 e. The third-order valence-corrected chi connectivity index (χ3v) is 2.32. The van der Waals surface area contributed by atoms with Crippen LogP contribution in [0.2, 0.25) is 0 Å². The summed E-state index contributed by atoms with van der Waals surface area (Å²) in [5.41, 5.74) is 0.842. The van der Waals surface area contributed by atoms with E-state index in [9.17, 15) is 4.79 Å². The van der Waals surface area contributed by atoms with Gasteiger partial charge in [0, 0.05) is 36.8 Å². The summed E-state index contributed by atoms with van der Waals surface area (Å²) in [4.78, 5) is 11.6. The van der Waals surface area contributed by atoms with E-state index in [1.807, 2.05) is 12.2 Å². The third-order valence-electron chi connectivity index (χ3n) is 2.32. The van der Waals surface area contributed by atoms with Crippen molar-refractivity contribution in [3.8, 4) is 0 Å². The van der Waals surface area contributed by atoms with Crippen molar-refractivity contribution in [2.24, 2.45) is 5.92 Å². The van der Waals surface area contributed by atoms with Gasteiger partial charge in [-0.25, -0.2) is 0 Å². The van der Waals surface area contributed by atoms with Crippen molar-refractivity contribution in [2.75, 3.05) is 0 Å². The molecule has 4 heteroatoms. The molecule has 0 fully saturated rings. The molecule has 0 bridgehead atoms.